The standard InChI is InChI=1S/C14H19BrFN/c1-10(2)17(8-11-6-7-11)9-12-4-3-5-13(16)14(12)15/h3-5,10-11H,6-9H2,1-2H3. The molecule has 0 amide bonds. The highest BCUT2D eigenvalue weighted by Crippen LogP contribution is 2.31. The van der Waals surface area contributed by atoms with Crippen LogP contribution in [-0.4, -0.2) is 17.5 Å². The van der Waals surface area contributed by atoms with Crippen LogP contribution in [0, 0.1) is 11.7 Å². The van der Waals surface area contributed by atoms with Crippen molar-refractivity contribution in [3.63, 3.8) is 0 Å². The second kappa shape index (κ2) is 5.49. The molecule has 94 valence electrons. The van der Waals surface area contributed by atoms with Gasteiger partial charge in [-0.1, -0.05) is 12.1 Å². The Hall–Kier alpha value is -0.410. The summed E-state index contributed by atoms with van der Waals surface area (Å²) >= 11 is 3.34. The Morgan fingerprint density at radius 1 is 1.41 bits per heavy atom. The minimum atomic E-state index is -0.169. The second-order valence-electron chi connectivity index (χ2n) is 5.18. The lowest BCUT2D eigenvalue weighted by Gasteiger charge is -2.27. The number of rotatable bonds is 5. The molecule has 1 aromatic carbocycles. The zero-order chi connectivity index (χ0) is 12.4. The molecule has 0 spiro atoms. The first-order valence-corrected chi connectivity index (χ1v) is 7.04. The van der Waals surface area contributed by atoms with Gasteiger partial charge in [0.25, 0.3) is 0 Å². The highest BCUT2D eigenvalue weighted by molar-refractivity contribution is 9.10. The summed E-state index contributed by atoms with van der Waals surface area (Å²) in [5.74, 6) is 0.697. The predicted octanol–water partition coefficient (Wildman–Crippen LogP) is 4.21. The van der Waals surface area contributed by atoms with Crippen molar-refractivity contribution in [3.8, 4) is 0 Å². The van der Waals surface area contributed by atoms with Crippen LogP contribution in [0.2, 0.25) is 0 Å². The molecule has 0 unspecified atom stereocenters. The summed E-state index contributed by atoms with van der Waals surface area (Å²) in [6.45, 7) is 6.37. The van der Waals surface area contributed by atoms with Crippen molar-refractivity contribution in [2.45, 2.75) is 39.3 Å². The van der Waals surface area contributed by atoms with E-state index in [4.69, 9.17) is 0 Å². The van der Waals surface area contributed by atoms with Gasteiger partial charge in [-0.25, -0.2) is 4.39 Å². The van der Waals surface area contributed by atoms with Gasteiger partial charge >= 0.3 is 0 Å². The van der Waals surface area contributed by atoms with Crippen molar-refractivity contribution in [2.24, 2.45) is 5.92 Å². The topological polar surface area (TPSA) is 3.24 Å². The van der Waals surface area contributed by atoms with Crippen molar-refractivity contribution in [1.82, 2.24) is 4.90 Å². The van der Waals surface area contributed by atoms with Gasteiger partial charge in [-0.3, -0.25) is 4.90 Å². The van der Waals surface area contributed by atoms with Crippen LogP contribution < -0.4 is 0 Å². The summed E-state index contributed by atoms with van der Waals surface area (Å²) in [6.07, 6.45) is 2.71. The molecule has 2 rings (SSSR count). The first-order chi connectivity index (χ1) is 8.08. The molecule has 0 heterocycles. The lowest BCUT2D eigenvalue weighted by Crippen LogP contribution is -2.32. The number of benzene rings is 1. The highest BCUT2D eigenvalue weighted by Gasteiger charge is 2.25. The predicted molar refractivity (Wildman–Crippen MR) is 72.4 cm³/mol. The number of hydrogen-bond acceptors (Lipinski definition) is 1. The second-order valence-corrected chi connectivity index (χ2v) is 5.97. The Morgan fingerprint density at radius 2 is 2.12 bits per heavy atom. The van der Waals surface area contributed by atoms with E-state index in [1.165, 1.54) is 18.9 Å². The fourth-order valence-corrected chi connectivity index (χ4v) is 2.37. The molecular weight excluding hydrogens is 281 g/mol. The van der Waals surface area contributed by atoms with E-state index in [2.05, 4.69) is 34.7 Å². The van der Waals surface area contributed by atoms with Crippen molar-refractivity contribution >= 4 is 15.9 Å². The molecule has 3 heteroatoms. The average Bonchev–Trinajstić information content (AvgIpc) is 3.07. The largest absolute Gasteiger partial charge is 0.296 e. The SMILES string of the molecule is CC(C)N(Cc1cccc(F)c1Br)CC1CC1. The molecule has 0 aromatic heterocycles. The monoisotopic (exact) mass is 299 g/mol. The van der Waals surface area contributed by atoms with E-state index >= 15 is 0 Å². The molecule has 17 heavy (non-hydrogen) atoms. The quantitative estimate of drug-likeness (QED) is 0.787. The van der Waals surface area contributed by atoms with Crippen LogP contribution in [0.1, 0.15) is 32.3 Å². The molecule has 1 fully saturated rings. The molecule has 0 atom stereocenters. The third-order valence-corrected chi connectivity index (χ3v) is 4.21. The normalized spacial score (nSPS) is 15.9. The summed E-state index contributed by atoms with van der Waals surface area (Å²) in [5.41, 5.74) is 1.04. The third-order valence-electron chi connectivity index (χ3n) is 3.32. The molecule has 0 saturated heterocycles. The number of nitrogens with zero attached hydrogens (tertiary/aromatic N) is 1. The molecule has 1 aromatic rings. The molecule has 1 saturated carbocycles. The lowest BCUT2D eigenvalue weighted by atomic mass is 10.1. The zero-order valence-electron chi connectivity index (χ0n) is 10.4. The van der Waals surface area contributed by atoms with Gasteiger partial charge in [-0.2, -0.15) is 0 Å². The molecule has 1 nitrogen and oxygen atoms in total. The smallest absolute Gasteiger partial charge is 0.137 e. The van der Waals surface area contributed by atoms with Crippen LogP contribution in [0.5, 0.6) is 0 Å². The minimum Gasteiger partial charge on any atom is -0.296 e. The number of hydrogen-bond donors (Lipinski definition) is 0. The fraction of sp³-hybridized carbons (Fsp3) is 0.571. The van der Waals surface area contributed by atoms with Crippen molar-refractivity contribution < 1.29 is 4.39 Å². The molecule has 0 N–H and O–H groups in total. The molecule has 1 aliphatic carbocycles. The van der Waals surface area contributed by atoms with Gasteiger partial charge in [0.05, 0.1) is 4.47 Å². The fourth-order valence-electron chi connectivity index (χ4n) is 1.98. The summed E-state index contributed by atoms with van der Waals surface area (Å²) in [6, 6.07) is 5.78. The summed E-state index contributed by atoms with van der Waals surface area (Å²) in [4.78, 5) is 2.43. The first-order valence-electron chi connectivity index (χ1n) is 6.25. The first kappa shape index (κ1) is 13.0. The Bertz CT molecular complexity index is 388. The van der Waals surface area contributed by atoms with Crippen LogP contribution in [0.4, 0.5) is 4.39 Å². The van der Waals surface area contributed by atoms with Crippen LogP contribution in [0.15, 0.2) is 22.7 Å². The number of halogens is 2. The average molecular weight is 300 g/mol. The Kier molecular flexibility index (Phi) is 4.21. The summed E-state index contributed by atoms with van der Waals surface area (Å²) in [5, 5.41) is 0. The molecule has 1 aliphatic rings. The zero-order valence-corrected chi connectivity index (χ0v) is 12.0. The van der Waals surface area contributed by atoms with Gasteiger partial charge in [0, 0.05) is 19.1 Å². The molecule has 0 radical (unpaired) electrons. The van der Waals surface area contributed by atoms with Crippen molar-refractivity contribution in [1.29, 1.82) is 0 Å². The maximum absolute atomic E-state index is 13.4. The molecular formula is C14H19BrFN. The van der Waals surface area contributed by atoms with E-state index in [1.807, 2.05) is 6.07 Å². The Balaban J connectivity index is 2.07. The molecule has 0 aliphatic heterocycles. The Labute approximate surface area is 111 Å². The maximum Gasteiger partial charge on any atom is 0.137 e. The Morgan fingerprint density at radius 3 is 2.71 bits per heavy atom. The summed E-state index contributed by atoms with van der Waals surface area (Å²) < 4.78 is 14.1. The van der Waals surface area contributed by atoms with E-state index in [0.29, 0.717) is 10.5 Å². The van der Waals surface area contributed by atoms with Gasteiger partial charge in [0.15, 0.2) is 0 Å². The minimum absolute atomic E-state index is 0.169. The van der Waals surface area contributed by atoms with Crippen LogP contribution in [0.25, 0.3) is 0 Å². The van der Waals surface area contributed by atoms with E-state index < -0.39 is 0 Å². The van der Waals surface area contributed by atoms with Gasteiger partial charge in [-0.05, 0) is 60.2 Å². The van der Waals surface area contributed by atoms with Gasteiger partial charge in [0.1, 0.15) is 5.82 Å². The van der Waals surface area contributed by atoms with Gasteiger partial charge < -0.3 is 0 Å². The van der Waals surface area contributed by atoms with E-state index in [0.717, 1.165) is 24.6 Å². The maximum atomic E-state index is 13.4. The van der Waals surface area contributed by atoms with E-state index in [9.17, 15) is 4.39 Å². The van der Waals surface area contributed by atoms with Crippen LogP contribution in [-0.2, 0) is 6.54 Å². The lowest BCUT2D eigenvalue weighted by molar-refractivity contribution is 0.203. The van der Waals surface area contributed by atoms with Gasteiger partial charge in [0.2, 0.25) is 0 Å². The van der Waals surface area contributed by atoms with Crippen molar-refractivity contribution in [3.05, 3.63) is 34.1 Å². The highest BCUT2D eigenvalue weighted by atomic mass is 79.9. The third kappa shape index (κ3) is 3.52. The van der Waals surface area contributed by atoms with Gasteiger partial charge in [-0.15, -0.1) is 0 Å². The van der Waals surface area contributed by atoms with E-state index in [1.54, 1.807) is 6.07 Å². The molecule has 0 bridgehead atoms. The summed E-state index contributed by atoms with van der Waals surface area (Å²) in [7, 11) is 0. The van der Waals surface area contributed by atoms with E-state index in [-0.39, 0.29) is 5.82 Å². The van der Waals surface area contributed by atoms with Crippen LogP contribution in [0.3, 0.4) is 0 Å². The van der Waals surface area contributed by atoms with Crippen molar-refractivity contribution in [2.75, 3.05) is 6.54 Å². The van der Waals surface area contributed by atoms with Crippen LogP contribution >= 0.6 is 15.9 Å².